The van der Waals surface area contributed by atoms with Crippen LogP contribution in [0.1, 0.15) is 20.8 Å². The Labute approximate surface area is 148 Å². The molecule has 0 N–H and O–H groups in total. The van der Waals surface area contributed by atoms with E-state index in [0.717, 1.165) is 5.69 Å². The van der Waals surface area contributed by atoms with Crippen LogP contribution in [0.2, 0.25) is 0 Å². The Morgan fingerprint density at radius 3 is 2.38 bits per heavy atom. The van der Waals surface area contributed by atoms with E-state index in [4.69, 9.17) is 4.74 Å². The zero-order valence-corrected chi connectivity index (χ0v) is 15.5. The molecule has 134 valence electrons. The van der Waals surface area contributed by atoms with Gasteiger partial charge in [-0.1, -0.05) is 0 Å². The van der Waals surface area contributed by atoms with Crippen molar-refractivity contribution in [2.24, 2.45) is 0 Å². The molecule has 0 bridgehead atoms. The lowest BCUT2D eigenvalue weighted by atomic mass is 10.2. The SMILES string of the molecule is CC(C)(C)OC(=O)N1CCN(c2ccc(Br)c(OC(F)F)c2)CC1. The van der Waals surface area contributed by atoms with Crippen molar-refractivity contribution in [2.75, 3.05) is 31.1 Å². The number of hydrogen-bond acceptors (Lipinski definition) is 4. The summed E-state index contributed by atoms with van der Waals surface area (Å²) in [4.78, 5) is 15.7. The van der Waals surface area contributed by atoms with Crippen LogP contribution in [0.3, 0.4) is 0 Å². The molecule has 0 atom stereocenters. The summed E-state index contributed by atoms with van der Waals surface area (Å²) in [6.45, 7) is 4.81. The van der Waals surface area contributed by atoms with E-state index in [2.05, 4.69) is 20.7 Å². The highest BCUT2D eigenvalue weighted by molar-refractivity contribution is 9.10. The van der Waals surface area contributed by atoms with E-state index in [0.29, 0.717) is 30.7 Å². The van der Waals surface area contributed by atoms with Gasteiger partial charge in [0.2, 0.25) is 0 Å². The molecule has 1 fully saturated rings. The number of carbonyl (C=O) groups excluding carboxylic acids is 1. The summed E-state index contributed by atoms with van der Waals surface area (Å²) < 4.78 is 35.2. The molecule has 0 aliphatic carbocycles. The molecule has 0 spiro atoms. The Kier molecular flexibility index (Phi) is 5.90. The van der Waals surface area contributed by atoms with Crippen LogP contribution in [0.25, 0.3) is 0 Å². The van der Waals surface area contributed by atoms with Crippen molar-refractivity contribution in [1.82, 2.24) is 4.90 Å². The van der Waals surface area contributed by atoms with Crippen molar-refractivity contribution >= 4 is 27.7 Å². The number of benzene rings is 1. The van der Waals surface area contributed by atoms with Crippen LogP contribution < -0.4 is 9.64 Å². The number of carbonyl (C=O) groups is 1. The average Bonchev–Trinajstić information content (AvgIpc) is 2.47. The van der Waals surface area contributed by atoms with Gasteiger partial charge < -0.3 is 19.3 Å². The number of ether oxygens (including phenoxy) is 2. The monoisotopic (exact) mass is 406 g/mol. The standard InChI is InChI=1S/C16H21BrF2N2O3/c1-16(2,3)24-15(22)21-8-6-20(7-9-21)11-4-5-12(17)13(10-11)23-14(18)19/h4-5,10,14H,6-9H2,1-3H3. The maximum Gasteiger partial charge on any atom is 0.410 e. The van der Waals surface area contributed by atoms with Gasteiger partial charge >= 0.3 is 12.7 Å². The van der Waals surface area contributed by atoms with Gasteiger partial charge in [-0.25, -0.2) is 4.79 Å². The molecule has 0 aromatic heterocycles. The fourth-order valence-electron chi connectivity index (χ4n) is 2.35. The summed E-state index contributed by atoms with van der Waals surface area (Å²) in [5.41, 5.74) is 0.249. The normalized spacial score (nSPS) is 15.6. The minimum Gasteiger partial charge on any atom is -0.444 e. The lowest BCUT2D eigenvalue weighted by Gasteiger charge is -2.36. The number of nitrogens with zero attached hydrogens (tertiary/aromatic N) is 2. The third kappa shape index (κ3) is 5.22. The molecule has 0 saturated carbocycles. The zero-order valence-electron chi connectivity index (χ0n) is 13.9. The van der Waals surface area contributed by atoms with Crippen LogP contribution >= 0.6 is 15.9 Å². The van der Waals surface area contributed by atoms with Crippen molar-refractivity contribution in [3.05, 3.63) is 22.7 Å². The first-order chi connectivity index (χ1) is 11.2. The lowest BCUT2D eigenvalue weighted by molar-refractivity contribution is -0.0503. The second-order valence-electron chi connectivity index (χ2n) is 6.45. The second-order valence-corrected chi connectivity index (χ2v) is 7.30. The molecule has 0 unspecified atom stereocenters. The van der Waals surface area contributed by atoms with Gasteiger partial charge in [0.25, 0.3) is 0 Å². The van der Waals surface area contributed by atoms with Crippen LogP contribution in [0.5, 0.6) is 5.75 Å². The minimum absolute atomic E-state index is 0.0945. The van der Waals surface area contributed by atoms with E-state index in [-0.39, 0.29) is 11.8 Å². The van der Waals surface area contributed by atoms with Gasteiger partial charge in [0, 0.05) is 37.9 Å². The van der Waals surface area contributed by atoms with Gasteiger partial charge in [0.15, 0.2) is 0 Å². The molecular formula is C16H21BrF2N2O3. The Morgan fingerprint density at radius 2 is 1.83 bits per heavy atom. The molecule has 5 nitrogen and oxygen atoms in total. The van der Waals surface area contributed by atoms with Gasteiger partial charge in [-0.05, 0) is 48.8 Å². The largest absolute Gasteiger partial charge is 0.444 e. The maximum atomic E-state index is 12.4. The van der Waals surface area contributed by atoms with Crippen molar-refractivity contribution in [3.63, 3.8) is 0 Å². The number of hydrogen-bond donors (Lipinski definition) is 0. The smallest absolute Gasteiger partial charge is 0.410 e. The molecule has 1 heterocycles. The second kappa shape index (κ2) is 7.55. The lowest BCUT2D eigenvalue weighted by Crippen LogP contribution is -2.50. The summed E-state index contributed by atoms with van der Waals surface area (Å²) in [6, 6.07) is 5.07. The number of amides is 1. The number of anilines is 1. The molecule has 0 radical (unpaired) electrons. The van der Waals surface area contributed by atoms with E-state index < -0.39 is 12.2 Å². The summed E-state index contributed by atoms with van der Waals surface area (Å²) in [6.07, 6.45) is -0.334. The Hall–Kier alpha value is -1.57. The first-order valence-corrected chi connectivity index (χ1v) is 8.42. The van der Waals surface area contributed by atoms with E-state index in [1.807, 2.05) is 31.7 Å². The predicted molar refractivity (Wildman–Crippen MR) is 90.8 cm³/mol. The van der Waals surface area contributed by atoms with Crippen LogP contribution in [0, 0.1) is 0 Å². The molecular weight excluding hydrogens is 386 g/mol. The predicted octanol–water partition coefficient (Wildman–Crippen LogP) is 4.11. The number of halogens is 3. The quantitative estimate of drug-likeness (QED) is 0.757. The van der Waals surface area contributed by atoms with Crippen LogP contribution in [-0.2, 0) is 4.74 Å². The fourth-order valence-corrected chi connectivity index (χ4v) is 2.69. The van der Waals surface area contributed by atoms with Crippen LogP contribution in [0.4, 0.5) is 19.3 Å². The molecule has 1 aliphatic rings. The highest BCUT2D eigenvalue weighted by Gasteiger charge is 2.26. The van der Waals surface area contributed by atoms with Crippen molar-refractivity contribution in [2.45, 2.75) is 33.0 Å². The Morgan fingerprint density at radius 1 is 1.21 bits per heavy atom. The molecule has 1 aliphatic heterocycles. The zero-order chi connectivity index (χ0) is 17.9. The van der Waals surface area contributed by atoms with E-state index >= 15 is 0 Å². The van der Waals surface area contributed by atoms with Gasteiger partial charge in [-0.15, -0.1) is 0 Å². The minimum atomic E-state index is -2.87. The Bertz CT molecular complexity index is 585. The molecule has 24 heavy (non-hydrogen) atoms. The third-order valence-electron chi connectivity index (χ3n) is 3.43. The van der Waals surface area contributed by atoms with Crippen molar-refractivity contribution in [3.8, 4) is 5.75 Å². The molecule has 1 saturated heterocycles. The fraction of sp³-hybridized carbons (Fsp3) is 0.562. The Balaban J connectivity index is 1.98. The third-order valence-corrected chi connectivity index (χ3v) is 4.08. The summed E-state index contributed by atoms with van der Waals surface area (Å²) in [7, 11) is 0. The highest BCUT2D eigenvalue weighted by Crippen LogP contribution is 2.31. The van der Waals surface area contributed by atoms with Gasteiger partial charge in [-0.3, -0.25) is 0 Å². The first kappa shape index (κ1) is 18.8. The maximum absolute atomic E-state index is 12.4. The molecule has 2 rings (SSSR count). The summed E-state index contributed by atoms with van der Waals surface area (Å²) >= 11 is 3.19. The number of piperazine rings is 1. The van der Waals surface area contributed by atoms with E-state index in [9.17, 15) is 13.6 Å². The van der Waals surface area contributed by atoms with Crippen LogP contribution in [-0.4, -0.2) is 49.4 Å². The summed E-state index contributed by atoms with van der Waals surface area (Å²) in [5.74, 6) is 0.0945. The average molecular weight is 407 g/mol. The van der Waals surface area contributed by atoms with Crippen LogP contribution in [0.15, 0.2) is 22.7 Å². The van der Waals surface area contributed by atoms with E-state index in [1.165, 1.54) is 0 Å². The van der Waals surface area contributed by atoms with Gasteiger partial charge in [0.05, 0.1) is 4.47 Å². The van der Waals surface area contributed by atoms with Crippen molar-refractivity contribution < 1.29 is 23.0 Å². The van der Waals surface area contributed by atoms with E-state index in [1.54, 1.807) is 17.0 Å². The molecule has 1 amide bonds. The molecule has 1 aromatic carbocycles. The molecule has 8 heteroatoms. The van der Waals surface area contributed by atoms with Gasteiger partial charge in [0.1, 0.15) is 11.4 Å². The number of rotatable bonds is 3. The topological polar surface area (TPSA) is 42.0 Å². The van der Waals surface area contributed by atoms with Crippen molar-refractivity contribution in [1.29, 1.82) is 0 Å². The molecule has 1 aromatic rings. The van der Waals surface area contributed by atoms with Gasteiger partial charge in [-0.2, -0.15) is 8.78 Å². The number of alkyl halides is 2. The highest BCUT2D eigenvalue weighted by atomic mass is 79.9. The summed E-state index contributed by atoms with van der Waals surface area (Å²) in [5, 5.41) is 0. The first-order valence-electron chi connectivity index (χ1n) is 7.63.